The van der Waals surface area contributed by atoms with E-state index in [1.165, 1.54) is 12.8 Å². The number of rotatable bonds is 14. The number of hydrogen-bond donors (Lipinski definition) is 5. The number of H-pyrrole nitrogens is 2. The van der Waals surface area contributed by atoms with E-state index >= 15 is 0 Å². The summed E-state index contributed by atoms with van der Waals surface area (Å²) in [5.41, 5.74) is 4.60. The molecule has 14 nitrogen and oxygen atoms in total. The van der Waals surface area contributed by atoms with Gasteiger partial charge in [-0.3, -0.25) is 9.59 Å². The van der Waals surface area contributed by atoms with Crippen molar-refractivity contribution in [3.05, 3.63) is 72.6 Å². The van der Waals surface area contributed by atoms with Crippen LogP contribution in [0.4, 0.5) is 9.59 Å². The molecule has 2 aromatic heterocycles. The molecule has 2 aromatic carbocycles. The average Bonchev–Trinajstić information content (AvgIpc) is 4.27. The molecule has 6 saturated carbocycles. The number of fused-ring (bicyclic) bond motifs is 3. The SMILES string of the molecule is CC(C)(C)OC(=O)NC(C(=O)N[C@@H](CC1CC1)c1ncc(-c2ccc(-c3ccc(-c4cnc([C@@H]5C[C@H]6C[C@H]6N5C(=O)C(NC(=O)OC(C)(C)C)C5C[C@@H]6C[C@@H]6C5)[nH]4)cc3)cc2)[nH]1)C1C[C@@H]2C[C@@H]2C1. The molecule has 68 heavy (non-hydrogen) atoms. The van der Waals surface area contributed by atoms with Gasteiger partial charge in [0, 0.05) is 6.04 Å². The summed E-state index contributed by atoms with van der Waals surface area (Å²) in [6.45, 7) is 11.0. The lowest BCUT2D eigenvalue weighted by molar-refractivity contribution is -0.137. The third kappa shape index (κ3) is 9.79. The molecule has 7 aliphatic rings. The van der Waals surface area contributed by atoms with Gasteiger partial charge in [0.2, 0.25) is 11.8 Å². The van der Waals surface area contributed by atoms with Crippen LogP contribution < -0.4 is 16.0 Å². The Morgan fingerprint density at radius 3 is 1.66 bits per heavy atom. The minimum absolute atomic E-state index is 0.00497. The first-order valence-electron chi connectivity index (χ1n) is 25.4. The summed E-state index contributed by atoms with van der Waals surface area (Å²) in [7, 11) is 0. The zero-order chi connectivity index (χ0) is 47.2. The number of likely N-dealkylation sites (tertiary alicyclic amines) is 1. The molecule has 4 unspecified atom stereocenters. The fourth-order valence-electron chi connectivity index (χ4n) is 12.1. The van der Waals surface area contributed by atoms with Gasteiger partial charge in [0.1, 0.15) is 34.9 Å². The number of ether oxygens (including phenoxy) is 2. The van der Waals surface area contributed by atoms with Crippen molar-refractivity contribution in [3.8, 4) is 33.6 Å². The Morgan fingerprint density at radius 2 is 1.12 bits per heavy atom. The maximum atomic E-state index is 14.5. The number of aromatic nitrogens is 4. The maximum absolute atomic E-state index is 14.5. The lowest BCUT2D eigenvalue weighted by Crippen LogP contribution is -2.53. The predicted molar refractivity (Wildman–Crippen MR) is 256 cm³/mol. The van der Waals surface area contributed by atoms with Crippen molar-refractivity contribution in [2.24, 2.45) is 47.3 Å². The zero-order valence-electron chi connectivity index (χ0n) is 40.3. The molecule has 14 heteroatoms. The Morgan fingerprint density at radius 1 is 0.618 bits per heavy atom. The van der Waals surface area contributed by atoms with Gasteiger partial charge in [-0.2, -0.15) is 0 Å². The minimum atomic E-state index is -0.660. The number of nitrogens with one attached hydrogen (secondary N) is 5. The Kier molecular flexibility index (Phi) is 11.3. The van der Waals surface area contributed by atoms with Crippen LogP contribution >= 0.6 is 0 Å². The van der Waals surface area contributed by atoms with Crippen LogP contribution in [0.5, 0.6) is 0 Å². The van der Waals surface area contributed by atoms with E-state index < -0.39 is 35.5 Å². The first-order valence-corrected chi connectivity index (χ1v) is 25.4. The Balaban J connectivity index is 0.743. The van der Waals surface area contributed by atoms with E-state index in [1.54, 1.807) is 0 Å². The Bertz CT molecular complexity index is 2530. The van der Waals surface area contributed by atoms with E-state index in [2.05, 4.69) is 74.4 Å². The van der Waals surface area contributed by atoms with Gasteiger partial charge in [0.25, 0.3) is 0 Å². The molecule has 1 saturated heterocycles. The van der Waals surface area contributed by atoms with Crippen LogP contribution in [0.25, 0.3) is 33.6 Å². The highest BCUT2D eigenvalue weighted by Crippen LogP contribution is 2.58. The quantitative estimate of drug-likeness (QED) is 0.0828. The summed E-state index contributed by atoms with van der Waals surface area (Å²) < 4.78 is 11.2. The summed E-state index contributed by atoms with van der Waals surface area (Å²) in [5.74, 6) is 5.20. The van der Waals surface area contributed by atoms with Crippen molar-refractivity contribution in [2.75, 3.05) is 0 Å². The van der Waals surface area contributed by atoms with Gasteiger partial charge < -0.3 is 40.3 Å². The number of amides is 4. The van der Waals surface area contributed by atoms with Gasteiger partial charge in [0.15, 0.2) is 0 Å². The molecular formula is C54H68N8O6. The number of imidazole rings is 2. The monoisotopic (exact) mass is 925 g/mol. The smallest absolute Gasteiger partial charge is 0.408 e. The highest BCUT2D eigenvalue weighted by atomic mass is 16.6. The van der Waals surface area contributed by atoms with Gasteiger partial charge in [0.05, 0.1) is 35.9 Å². The number of carbonyl (C=O) groups is 4. The number of alkyl carbamates (subject to hydrolysis) is 2. The molecule has 11 rings (SSSR count). The van der Waals surface area contributed by atoms with Gasteiger partial charge >= 0.3 is 12.2 Å². The highest BCUT2D eigenvalue weighted by molar-refractivity contribution is 5.88. The molecule has 3 heterocycles. The van der Waals surface area contributed by atoms with Crippen molar-refractivity contribution in [3.63, 3.8) is 0 Å². The molecular weight excluding hydrogens is 857 g/mol. The number of aromatic amines is 2. The molecule has 6 aliphatic carbocycles. The van der Waals surface area contributed by atoms with Gasteiger partial charge in [-0.1, -0.05) is 61.4 Å². The number of hydrogen-bond acceptors (Lipinski definition) is 8. The topological polar surface area (TPSA) is 183 Å². The second kappa shape index (κ2) is 17.1. The first-order chi connectivity index (χ1) is 32.5. The largest absolute Gasteiger partial charge is 0.444 e. The number of piperidine rings is 1. The molecule has 4 aromatic rings. The van der Waals surface area contributed by atoms with Crippen LogP contribution in [0, 0.1) is 47.3 Å². The normalized spacial score (nSPS) is 28.9. The van der Waals surface area contributed by atoms with E-state index in [1.807, 2.05) is 58.8 Å². The lowest BCUT2D eigenvalue weighted by atomic mass is 9.93. The zero-order valence-corrected chi connectivity index (χ0v) is 40.3. The van der Waals surface area contributed by atoms with Crippen LogP contribution in [0.2, 0.25) is 0 Å². The molecule has 0 radical (unpaired) electrons. The molecule has 0 spiro atoms. The molecule has 12 atom stereocenters. The van der Waals surface area contributed by atoms with Crippen LogP contribution in [0.1, 0.15) is 136 Å². The molecule has 360 valence electrons. The summed E-state index contributed by atoms with van der Waals surface area (Å²) in [4.78, 5) is 73.4. The standard InChI is InChI=1S/C54H68N8O6/c1-53(2,3)67-51(65)60-45(38-20-33-18-34(33)21-38)49(63)59-40(17-28-7-8-28)47-55-26-41(57-47)31-13-9-29(10-14-31)30-11-15-32(16-12-30)42-27-56-48(58-42)44-25-37-24-43(37)62(44)50(64)46(39-22-35-19-36(35)23-39)61-52(66)68-54(4,5)6/h9-16,26-28,33-40,43-46H,7-8,17-25H2,1-6H3,(H,55,57)(H,56,58)(H,59,63)(H,60,65)(H,61,66)/t33-,34+,35-,36+,37-,38?,39?,40+,43-,44+,45?,46?/m1/s1. The fourth-order valence-corrected chi connectivity index (χ4v) is 12.1. The van der Waals surface area contributed by atoms with Crippen molar-refractivity contribution in [2.45, 2.75) is 154 Å². The second-order valence-electron chi connectivity index (χ2n) is 23.5. The van der Waals surface area contributed by atoms with Gasteiger partial charge in [-0.05, 0) is 169 Å². The second-order valence-corrected chi connectivity index (χ2v) is 23.5. The number of nitrogens with zero attached hydrogens (tertiary/aromatic N) is 3. The molecule has 1 aliphatic heterocycles. The minimum Gasteiger partial charge on any atom is -0.444 e. The Hall–Kier alpha value is -5.66. The summed E-state index contributed by atoms with van der Waals surface area (Å²) in [6, 6.07) is 15.3. The maximum Gasteiger partial charge on any atom is 0.408 e. The van der Waals surface area contributed by atoms with Gasteiger partial charge in [-0.15, -0.1) is 0 Å². The highest BCUT2D eigenvalue weighted by Gasteiger charge is 2.58. The predicted octanol–water partition coefficient (Wildman–Crippen LogP) is 9.63. The number of carbonyl (C=O) groups excluding carboxylic acids is 4. The van der Waals surface area contributed by atoms with Gasteiger partial charge in [-0.25, -0.2) is 19.6 Å². The van der Waals surface area contributed by atoms with E-state index in [-0.39, 0.29) is 41.8 Å². The first kappa shape index (κ1) is 44.8. The third-order valence-corrected chi connectivity index (χ3v) is 15.9. The summed E-state index contributed by atoms with van der Waals surface area (Å²) >= 11 is 0. The lowest BCUT2D eigenvalue weighted by Gasteiger charge is -2.34. The van der Waals surface area contributed by atoms with E-state index in [0.717, 1.165) is 103 Å². The third-order valence-electron chi connectivity index (χ3n) is 15.9. The van der Waals surface area contributed by atoms with Crippen molar-refractivity contribution in [1.82, 2.24) is 40.8 Å². The van der Waals surface area contributed by atoms with Crippen LogP contribution in [0.3, 0.4) is 0 Å². The van der Waals surface area contributed by atoms with Crippen molar-refractivity contribution < 1.29 is 28.7 Å². The van der Waals surface area contributed by atoms with Crippen LogP contribution in [-0.2, 0) is 19.1 Å². The fraction of sp³-hybridized carbons (Fsp3) is 0.593. The van der Waals surface area contributed by atoms with Crippen LogP contribution in [0.15, 0.2) is 60.9 Å². The van der Waals surface area contributed by atoms with E-state index in [9.17, 15) is 19.2 Å². The van der Waals surface area contributed by atoms with E-state index in [0.29, 0.717) is 35.5 Å². The molecule has 5 N–H and O–H groups in total. The van der Waals surface area contributed by atoms with Crippen molar-refractivity contribution >= 4 is 24.0 Å². The summed E-state index contributed by atoms with van der Waals surface area (Å²) in [6.07, 6.45) is 13.9. The molecule has 0 bridgehead atoms. The summed E-state index contributed by atoms with van der Waals surface area (Å²) in [5, 5.41) is 9.28. The molecule has 7 fully saturated rings. The van der Waals surface area contributed by atoms with E-state index in [4.69, 9.17) is 19.4 Å². The average molecular weight is 925 g/mol. The number of benzene rings is 2. The van der Waals surface area contributed by atoms with Crippen molar-refractivity contribution in [1.29, 1.82) is 0 Å². The Labute approximate surface area is 399 Å². The van der Waals surface area contributed by atoms with Crippen LogP contribution in [-0.4, -0.2) is 78.2 Å². The molecule has 4 amide bonds.